The van der Waals surface area contributed by atoms with Crippen molar-refractivity contribution >= 4 is 17.5 Å². The van der Waals surface area contributed by atoms with Crippen molar-refractivity contribution in [2.75, 3.05) is 24.7 Å². The van der Waals surface area contributed by atoms with Crippen LogP contribution in [0.3, 0.4) is 0 Å². The van der Waals surface area contributed by atoms with Crippen molar-refractivity contribution < 1.29 is 19.2 Å². The zero-order valence-electron chi connectivity index (χ0n) is 12.3. The van der Waals surface area contributed by atoms with Crippen LogP contribution in [0.4, 0.5) is 5.69 Å². The quantitative estimate of drug-likeness (QED) is 0.807. The summed E-state index contributed by atoms with van der Waals surface area (Å²) in [6.07, 6.45) is 0.180. The van der Waals surface area contributed by atoms with Crippen molar-refractivity contribution in [3.8, 4) is 5.75 Å². The number of anilines is 1. The number of carbonyl (C=O) groups excluding carboxylic acids is 2. The van der Waals surface area contributed by atoms with Gasteiger partial charge in [-0.3, -0.25) is 14.4 Å². The summed E-state index contributed by atoms with van der Waals surface area (Å²) in [5, 5.41) is 0. The Bertz CT molecular complexity index is 518. The van der Waals surface area contributed by atoms with Gasteiger partial charge in [0.2, 0.25) is 11.8 Å². The van der Waals surface area contributed by atoms with Crippen LogP contribution in [0.25, 0.3) is 0 Å². The highest BCUT2D eigenvalue weighted by Gasteiger charge is 2.36. The highest BCUT2D eigenvalue weighted by atomic mass is 16.6. The van der Waals surface area contributed by atoms with E-state index in [1.165, 1.54) is 0 Å². The van der Waals surface area contributed by atoms with Crippen molar-refractivity contribution in [1.29, 1.82) is 0 Å². The normalized spacial score (nSPS) is 17.9. The third-order valence-electron chi connectivity index (χ3n) is 3.27. The number of benzene rings is 1. The van der Waals surface area contributed by atoms with Gasteiger partial charge in [0, 0.05) is 13.0 Å². The monoisotopic (exact) mass is 292 g/mol. The topological polar surface area (TPSA) is 67.9 Å². The maximum absolute atomic E-state index is 12.2. The molecule has 0 bridgehead atoms. The summed E-state index contributed by atoms with van der Waals surface area (Å²) in [6, 6.07) is 7.35. The van der Waals surface area contributed by atoms with Crippen LogP contribution < -0.4 is 15.1 Å². The molecule has 2 rings (SSSR count). The Labute approximate surface area is 124 Å². The van der Waals surface area contributed by atoms with Crippen LogP contribution in [0, 0.1) is 5.92 Å². The molecule has 1 aromatic carbocycles. The third-order valence-corrected chi connectivity index (χ3v) is 3.27. The average molecular weight is 292 g/mol. The number of hydroxylamine groups is 1. The van der Waals surface area contributed by atoms with Crippen LogP contribution in [0.5, 0.6) is 5.75 Å². The SMILES string of the molecule is CCONC(=O)C1CC(=O)N(c2ccccc2OCC)C1. The van der Waals surface area contributed by atoms with E-state index in [9.17, 15) is 9.59 Å². The highest BCUT2D eigenvalue weighted by molar-refractivity contribution is 6.01. The summed E-state index contributed by atoms with van der Waals surface area (Å²) in [6.45, 7) is 4.92. The van der Waals surface area contributed by atoms with Crippen LogP contribution >= 0.6 is 0 Å². The van der Waals surface area contributed by atoms with Crippen molar-refractivity contribution in [3.63, 3.8) is 0 Å². The number of para-hydroxylation sites is 2. The summed E-state index contributed by atoms with van der Waals surface area (Å²) in [5.41, 5.74) is 3.06. The molecule has 6 heteroatoms. The van der Waals surface area contributed by atoms with Gasteiger partial charge in [0.1, 0.15) is 5.75 Å². The Hall–Kier alpha value is -2.08. The lowest BCUT2D eigenvalue weighted by Gasteiger charge is -2.20. The van der Waals surface area contributed by atoms with Crippen molar-refractivity contribution in [2.45, 2.75) is 20.3 Å². The van der Waals surface area contributed by atoms with Crippen molar-refractivity contribution in [2.24, 2.45) is 5.92 Å². The lowest BCUT2D eigenvalue weighted by atomic mass is 10.1. The molecule has 1 saturated heterocycles. The molecular weight excluding hydrogens is 272 g/mol. The fourth-order valence-electron chi connectivity index (χ4n) is 2.30. The summed E-state index contributed by atoms with van der Waals surface area (Å²) >= 11 is 0. The molecule has 0 spiro atoms. The van der Waals surface area contributed by atoms with E-state index in [0.717, 1.165) is 0 Å². The minimum Gasteiger partial charge on any atom is -0.492 e. The molecule has 1 fully saturated rings. The first-order chi connectivity index (χ1) is 10.2. The molecule has 1 aliphatic rings. The first-order valence-corrected chi connectivity index (χ1v) is 7.11. The van der Waals surface area contributed by atoms with E-state index in [-0.39, 0.29) is 18.2 Å². The van der Waals surface area contributed by atoms with Crippen LogP contribution in [-0.4, -0.2) is 31.6 Å². The fourth-order valence-corrected chi connectivity index (χ4v) is 2.30. The molecule has 1 aromatic rings. The largest absolute Gasteiger partial charge is 0.492 e. The molecule has 1 heterocycles. The first-order valence-electron chi connectivity index (χ1n) is 7.11. The number of carbonyl (C=O) groups is 2. The van der Waals surface area contributed by atoms with Gasteiger partial charge in [0.15, 0.2) is 0 Å². The first kappa shape index (κ1) is 15.3. The van der Waals surface area contributed by atoms with Crippen LogP contribution in [0.15, 0.2) is 24.3 Å². The van der Waals surface area contributed by atoms with E-state index >= 15 is 0 Å². The van der Waals surface area contributed by atoms with Gasteiger partial charge in [-0.05, 0) is 26.0 Å². The highest BCUT2D eigenvalue weighted by Crippen LogP contribution is 2.33. The standard InChI is InChI=1S/C15H20N2O4/c1-3-20-13-8-6-5-7-12(13)17-10-11(9-14(17)18)15(19)16-21-4-2/h5-8,11H,3-4,9-10H2,1-2H3,(H,16,19). The molecule has 0 aliphatic carbocycles. The predicted molar refractivity (Wildman–Crippen MR) is 77.8 cm³/mol. The zero-order valence-corrected chi connectivity index (χ0v) is 12.3. The van der Waals surface area contributed by atoms with Gasteiger partial charge in [-0.15, -0.1) is 0 Å². The fraction of sp³-hybridized carbons (Fsp3) is 0.467. The number of ether oxygens (including phenoxy) is 1. The van der Waals surface area contributed by atoms with Crippen LogP contribution in [0.2, 0.25) is 0 Å². The van der Waals surface area contributed by atoms with Crippen LogP contribution in [-0.2, 0) is 14.4 Å². The molecule has 0 saturated carbocycles. The Morgan fingerprint density at radius 3 is 2.81 bits per heavy atom. The van der Waals surface area contributed by atoms with Gasteiger partial charge in [-0.25, -0.2) is 5.48 Å². The molecule has 114 valence electrons. The molecular formula is C15H20N2O4. The molecule has 1 N–H and O–H groups in total. The molecule has 21 heavy (non-hydrogen) atoms. The number of nitrogens with one attached hydrogen (secondary N) is 1. The predicted octanol–water partition coefficient (Wildman–Crippen LogP) is 1.51. The minimum atomic E-state index is -0.404. The van der Waals surface area contributed by atoms with E-state index in [1.54, 1.807) is 11.8 Å². The maximum Gasteiger partial charge on any atom is 0.248 e. The van der Waals surface area contributed by atoms with E-state index in [2.05, 4.69) is 5.48 Å². The van der Waals surface area contributed by atoms with E-state index in [1.807, 2.05) is 31.2 Å². The van der Waals surface area contributed by atoms with Crippen LogP contribution in [0.1, 0.15) is 20.3 Å². The minimum absolute atomic E-state index is 0.0844. The summed E-state index contributed by atoms with van der Waals surface area (Å²) in [7, 11) is 0. The van der Waals surface area contributed by atoms with E-state index in [0.29, 0.717) is 31.2 Å². The van der Waals surface area contributed by atoms with Gasteiger partial charge in [0.25, 0.3) is 0 Å². The van der Waals surface area contributed by atoms with Gasteiger partial charge in [-0.1, -0.05) is 12.1 Å². The lowest BCUT2D eigenvalue weighted by Crippen LogP contribution is -2.33. The number of hydrogen-bond acceptors (Lipinski definition) is 4. The summed E-state index contributed by atoms with van der Waals surface area (Å²) < 4.78 is 5.54. The van der Waals surface area contributed by atoms with Gasteiger partial charge in [0.05, 0.1) is 24.8 Å². The Morgan fingerprint density at radius 1 is 1.33 bits per heavy atom. The number of hydrogen-bond donors (Lipinski definition) is 1. The lowest BCUT2D eigenvalue weighted by molar-refractivity contribution is -0.137. The van der Waals surface area contributed by atoms with Gasteiger partial charge < -0.3 is 9.64 Å². The summed E-state index contributed by atoms with van der Waals surface area (Å²) in [4.78, 5) is 30.6. The zero-order chi connectivity index (χ0) is 15.2. The molecule has 1 aliphatic heterocycles. The molecule has 0 radical (unpaired) electrons. The second kappa shape index (κ2) is 7.08. The molecule has 1 unspecified atom stereocenters. The summed E-state index contributed by atoms with van der Waals surface area (Å²) in [5.74, 6) is -0.0988. The Balaban J connectivity index is 2.11. The Morgan fingerprint density at radius 2 is 2.10 bits per heavy atom. The van der Waals surface area contributed by atoms with E-state index < -0.39 is 5.92 Å². The van der Waals surface area contributed by atoms with Crippen molar-refractivity contribution in [1.82, 2.24) is 5.48 Å². The second-order valence-corrected chi connectivity index (χ2v) is 4.71. The number of amides is 2. The molecule has 6 nitrogen and oxygen atoms in total. The number of rotatable bonds is 6. The van der Waals surface area contributed by atoms with Gasteiger partial charge >= 0.3 is 0 Å². The third kappa shape index (κ3) is 3.52. The maximum atomic E-state index is 12.2. The second-order valence-electron chi connectivity index (χ2n) is 4.71. The molecule has 2 amide bonds. The molecule has 1 atom stereocenters. The molecule has 0 aromatic heterocycles. The van der Waals surface area contributed by atoms with E-state index in [4.69, 9.17) is 9.57 Å². The smallest absolute Gasteiger partial charge is 0.248 e. The number of nitrogens with zero attached hydrogens (tertiary/aromatic N) is 1. The average Bonchev–Trinajstić information content (AvgIpc) is 2.87. The van der Waals surface area contributed by atoms with Crippen molar-refractivity contribution in [3.05, 3.63) is 24.3 Å². The van der Waals surface area contributed by atoms with Gasteiger partial charge in [-0.2, -0.15) is 0 Å². The Kier molecular flexibility index (Phi) is 5.16.